The minimum atomic E-state index is -0.568. The van der Waals surface area contributed by atoms with Crippen LogP contribution in [-0.4, -0.2) is 33.5 Å². The van der Waals surface area contributed by atoms with Gasteiger partial charge in [0.2, 0.25) is 5.95 Å². The van der Waals surface area contributed by atoms with E-state index in [4.69, 9.17) is 0 Å². The van der Waals surface area contributed by atoms with Gasteiger partial charge in [-0.3, -0.25) is 10.1 Å². The van der Waals surface area contributed by atoms with Gasteiger partial charge in [0, 0.05) is 18.3 Å². The Morgan fingerprint density at radius 3 is 2.75 bits per heavy atom. The van der Waals surface area contributed by atoms with Crippen molar-refractivity contribution >= 4 is 29.0 Å². The van der Waals surface area contributed by atoms with Crippen molar-refractivity contribution in [2.24, 2.45) is 5.92 Å². The molecule has 2 aromatic rings. The second-order valence-electron chi connectivity index (χ2n) is 6.29. The summed E-state index contributed by atoms with van der Waals surface area (Å²) in [6.45, 7) is 2.26. The van der Waals surface area contributed by atoms with Gasteiger partial charge in [-0.1, -0.05) is 19.3 Å². The SMILES string of the molecule is COC(=O)Nc1nc2ncc(C(C)=O)cc2n1CC1CCCCC1. The maximum Gasteiger partial charge on any atom is 0.413 e. The Labute approximate surface area is 140 Å². The molecule has 1 aliphatic rings. The van der Waals surface area contributed by atoms with Gasteiger partial charge in [-0.15, -0.1) is 0 Å². The summed E-state index contributed by atoms with van der Waals surface area (Å²) in [5.74, 6) is 0.906. The van der Waals surface area contributed by atoms with E-state index >= 15 is 0 Å². The van der Waals surface area contributed by atoms with Crippen molar-refractivity contribution in [3.63, 3.8) is 0 Å². The van der Waals surface area contributed by atoms with Crippen LogP contribution in [0.2, 0.25) is 0 Å². The Hall–Kier alpha value is -2.44. The van der Waals surface area contributed by atoms with Crippen molar-refractivity contribution in [2.45, 2.75) is 45.6 Å². The third-order valence-electron chi connectivity index (χ3n) is 4.58. The van der Waals surface area contributed by atoms with Crippen LogP contribution in [0, 0.1) is 5.92 Å². The number of Topliss-reactive ketones (excluding diaryl/α,β-unsaturated/α-hetero) is 1. The van der Waals surface area contributed by atoms with Crippen LogP contribution in [0.1, 0.15) is 49.4 Å². The first-order valence-corrected chi connectivity index (χ1v) is 8.30. The molecule has 0 spiro atoms. The monoisotopic (exact) mass is 330 g/mol. The molecule has 1 fully saturated rings. The lowest BCUT2D eigenvalue weighted by atomic mass is 9.89. The van der Waals surface area contributed by atoms with Crippen LogP contribution in [-0.2, 0) is 11.3 Å². The van der Waals surface area contributed by atoms with Gasteiger partial charge in [-0.2, -0.15) is 4.98 Å². The molecule has 0 atom stereocenters. The van der Waals surface area contributed by atoms with E-state index < -0.39 is 6.09 Å². The van der Waals surface area contributed by atoms with Crippen molar-refractivity contribution in [2.75, 3.05) is 12.4 Å². The predicted molar refractivity (Wildman–Crippen MR) is 90.1 cm³/mol. The molecule has 1 amide bonds. The first kappa shape index (κ1) is 16.4. The molecule has 1 aliphatic carbocycles. The molecule has 24 heavy (non-hydrogen) atoms. The number of amides is 1. The number of fused-ring (bicyclic) bond motifs is 1. The number of pyridine rings is 1. The van der Waals surface area contributed by atoms with Crippen molar-refractivity contribution < 1.29 is 14.3 Å². The van der Waals surface area contributed by atoms with Crippen molar-refractivity contribution in [1.82, 2.24) is 14.5 Å². The zero-order valence-electron chi connectivity index (χ0n) is 14.0. The fourth-order valence-corrected chi connectivity index (χ4v) is 3.25. The van der Waals surface area contributed by atoms with Gasteiger partial charge in [-0.05, 0) is 31.7 Å². The van der Waals surface area contributed by atoms with Gasteiger partial charge in [0.1, 0.15) is 0 Å². The molecule has 1 saturated carbocycles. The van der Waals surface area contributed by atoms with Crippen LogP contribution < -0.4 is 5.32 Å². The average Bonchev–Trinajstić information content (AvgIpc) is 2.92. The highest BCUT2D eigenvalue weighted by molar-refractivity contribution is 5.96. The molecular weight excluding hydrogens is 308 g/mol. The standard InChI is InChI=1S/C17H22N4O3/c1-11(22)13-8-14-15(18-9-13)19-16(20-17(23)24-2)21(14)10-12-6-4-3-5-7-12/h8-9,12H,3-7,10H2,1-2H3,(H,18,19,20,23). The van der Waals surface area contributed by atoms with Crippen LogP contribution >= 0.6 is 0 Å². The quantitative estimate of drug-likeness (QED) is 0.868. The maximum absolute atomic E-state index is 11.7. The van der Waals surface area contributed by atoms with Crippen LogP contribution in [0.5, 0.6) is 0 Å². The number of anilines is 1. The zero-order valence-corrected chi connectivity index (χ0v) is 14.0. The summed E-state index contributed by atoms with van der Waals surface area (Å²) in [6, 6.07) is 1.79. The van der Waals surface area contributed by atoms with E-state index in [1.54, 1.807) is 6.07 Å². The molecule has 0 aliphatic heterocycles. The highest BCUT2D eigenvalue weighted by Crippen LogP contribution is 2.28. The second-order valence-corrected chi connectivity index (χ2v) is 6.29. The Morgan fingerprint density at radius 1 is 1.33 bits per heavy atom. The molecule has 7 nitrogen and oxygen atoms in total. The van der Waals surface area contributed by atoms with E-state index in [0.29, 0.717) is 23.1 Å². The predicted octanol–water partition coefficient (Wildman–Crippen LogP) is 3.39. The molecular formula is C17H22N4O3. The summed E-state index contributed by atoms with van der Waals surface area (Å²) in [5, 5.41) is 2.65. The largest absolute Gasteiger partial charge is 0.453 e. The molecule has 2 aromatic heterocycles. The van der Waals surface area contributed by atoms with Gasteiger partial charge in [-0.25, -0.2) is 9.78 Å². The number of hydrogen-bond acceptors (Lipinski definition) is 5. The van der Waals surface area contributed by atoms with Gasteiger partial charge in [0.25, 0.3) is 0 Å². The van der Waals surface area contributed by atoms with Crippen LogP contribution in [0.3, 0.4) is 0 Å². The number of nitrogens with one attached hydrogen (secondary N) is 1. The summed E-state index contributed by atoms with van der Waals surface area (Å²) in [6.07, 6.45) is 7.02. The molecule has 2 heterocycles. The van der Waals surface area contributed by atoms with E-state index in [0.717, 1.165) is 24.9 Å². The number of methoxy groups -OCH3 is 1. The zero-order chi connectivity index (χ0) is 17.1. The normalized spacial score (nSPS) is 15.4. The molecule has 3 rings (SSSR count). The lowest BCUT2D eigenvalue weighted by Gasteiger charge is -2.23. The Balaban J connectivity index is 2.01. The van der Waals surface area contributed by atoms with Gasteiger partial charge in [0.05, 0.1) is 12.6 Å². The Kier molecular flexibility index (Phi) is 4.78. The average molecular weight is 330 g/mol. The van der Waals surface area contributed by atoms with E-state index in [1.165, 1.54) is 39.5 Å². The third-order valence-corrected chi connectivity index (χ3v) is 4.58. The molecule has 0 unspecified atom stereocenters. The number of ether oxygens (including phenoxy) is 1. The second kappa shape index (κ2) is 6.98. The van der Waals surface area contributed by atoms with E-state index in [2.05, 4.69) is 20.0 Å². The number of aromatic nitrogens is 3. The minimum absolute atomic E-state index is 0.0442. The lowest BCUT2D eigenvalue weighted by Crippen LogP contribution is -2.19. The molecule has 0 saturated heterocycles. The third kappa shape index (κ3) is 3.39. The number of nitrogens with zero attached hydrogens (tertiary/aromatic N) is 3. The fourth-order valence-electron chi connectivity index (χ4n) is 3.25. The highest BCUT2D eigenvalue weighted by Gasteiger charge is 2.20. The fraction of sp³-hybridized carbons (Fsp3) is 0.529. The highest BCUT2D eigenvalue weighted by atomic mass is 16.5. The summed E-state index contributed by atoms with van der Waals surface area (Å²) in [5.41, 5.74) is 1.82. The molecule has 7 heteroatoms. The first-order valence-electron chi connectivity index (χ1n) is 8.30. The van der Waals surface area contributed by atoms with Crippen LogP contribution in [0.4, 0.5) is 10.7 Å². The van der Waals surface area contributed by atoms with Gasteiger partial charge in [0.15, 0.2) is 11.4 Å². The van der Waals surface area contributed by atoms with Gasteiger partial charge >= 0.3 is 6.09 Å². The van der Waals surface area contributed by atoms with E-state index in [9.17, 15) is 9.59 Å². The number of imidazole rings is 1. The number of hydrogen-bond donors (Lipinski definition) is 1. The number of rotatable bonds is 4. The van der Waals surface area contributed by atoms with E-state index in [-0.39, 0.29) is 5.78 Å². The van der Waals surface area contributed by atoms with E-state index in [1.807, 2.05) is 4.57 Å². The van der Waals surface area contributed by atoms with Crippen LogP contribution in [0.25, 0.3) is 11.2 Å². The topological polar surface area (TPSA) is 86.1 Å². The summed E-state index contributed by atoms with van der Waals surface area (Å²) in [7, 11) is 1.32. The van der Waals surface area contributed by atoms with Gasteiger partial charge < -0.3 is 9.30 Å². The summed E-state index contributed by atoms with van der Waals surface area (Å²) in [4.78, 5) is 31.9. The molecule has 128 valence electrons. The molecule has 1 N–H and O–H groups in total. The number of carbonyl (C=O) groups excluding carboxylic acids is 2. The smallest absolute Gasteiger partial charge is 0.413 e. The summed E-state index contributed by atoms with van der Waals surface area (Å²) < 4.78 is 6.63. The molecule has 0 radical (unpaired) electrons. The van der Waals surface area contributed by atoms with Crippen molar-refractivity contribution in [3.05, 3.63) is 17.8 Å². The number of ketones is 1. The maximum atomic E-state index is 11.7. The first-order chi connectivity index (χ1) is 11.6. The number of carbonyl (C=O) groups is 2. The Bertz CT molecular complexity index is 763. The van der Waals surface area contributed by atoms with Crippen molar-refractivity contribution in [3.8, 4) is 0 Å². The van der Waals surface area contributed by atoms with Crippen molar-refractivity contribution in [1.29, 1.82) is 0 Å². The minimum Gasteiger partial charge on any atom is -0.453 e. The summed E-state index contributed by atoms with van der Waals surface area (Å²) >= 11 is 0. The van der Waals surface area contributed by atoms with Crippen LogP contribution in [0.15, 0.2) is 12.3 Å². The lowest BCUT2D eigenvalue weighted by molar-refractivity contribution is 0.101. The molecule has 0 aromatic carbocycles. The molecule has 0 bridgehead atoms. The Morgan fingerprint density at radius 2 is 2.08 bits per heavy atom.